The van der Waals surface area contributed by atoms with Gasteiger partial charge in [0.05, 0.1) is 29.8 Å². The van der Waals surface area contributed by atoms with E-state index in [2.05, 4.69) is 39.4 Å². The lowest BCUT2D eigenvalue weighted by Gasteiger charge is -2.38. The molecular weight excluding hydrogens is 666 g/mol. The number of nitrogens with zero attached hydrogens (tertiary/aromatic N) is 3. The minimum atomic E-state index is -1.11. The number of urea groups is 1. The first kappa shape index (κ1) is 39.9. The monoisotopic (exact) mass is 719 g/mol. The van der Waals surface area contributed by atoms with E-state index >= 15 is 0 Å². The Hall–Kier alpha value is -4.88. The van der Waals surface area contributed by atoms with Gasteiger partial charge in [-0.05, 0) is 42.6 Å². The van der Waals surface area contributed by atoms with Gasteiger partial charge < -0.3 is 26.2 Å². The first-order chi connectivity index (χ1) is 24.3. The van der Waals surface area contributed by atoms with E-state index in [0.717, 1.165) is 17.7 Å². The van der Waals surface area contributed by atoms with Crippen molar-refractivity contribution in [1.82, 2.24) is 36.1 Å². The third-order valence-corrected chi connectivity index (χ3v) is 9.99. The van der Waals surface area contributed by atoms with E-state index in [-0.39, 0.29) is 36.7 Å². The predicted octanol–water partition coefficient (Wildman–Crippen LogP) is 2.76. The number of hydrogen-bond acceptors (Lipinski definition) is 8. The molecule has 14 nitrogen and oxygen atoms in total. The van der Waals surface area contributed by atoms with Gasteiger partial charge in [0, 0.05) is 31.4 Å². The Morgan fingerprint density at radius 1 is 0.962 bits per heavy atom. The number of fused-ring (bicyclic) bond motifs is 1. The molecule has 7 amide bonds. The summed E-state index contributed by atoms with van der Waals surface area (Å²) in [5.41, 5.74) is -0.321. The van der Waals surface area contributed by atoms with Crippen molar-refractivity contribution in [3.63, 3.8) is 0 Å². The van der Waals surface area contributed by atoms with Crippen molar-refractivity contribution in [2.45, 2.75) is 98.3 Å². The van der Waals surface area contributed by atoms with Gasteiger partial charge in [-0.3, -0.25) is 38.7 Å². The number of rotatable bonds is 14. The molecular formula is C38H53N7O7. The minimum Gasteiger partial charge on any atom is -0.346 e. The van der Waals surface area contributed by atoms with Crippen LogP contribution in [0.3, 0.4) is 0 Å². The maximum Gasteiger partial charge on any atom is 0.315 e. The van der Waals surface area contributed by atoms with Gasteiger partial charge in [-0.2, -0.15) is 0 Å². The molecule has 1 unspecified atom stereocenters. The second kappa shape index (κ2) is 15.8. The van der Waals surface area contributed by atoms with Crippen LogP contribution in [0.15, 0.2) is 43.3 Å². The van der Waals surface area contributed by atoms with E-state index in [1.807, 2.05) is 20.8 Å². The second-order valence-electron chi connectivity index (χ2n) is 16.3. The number of hydrogen-bond donors (Lipinski definition) is 4. The van der Waals surface area contributed by atoms with Crippen molar-refractivity contribution in [1.29, 1.82) is 0 Å². The molecule has 1 saturated carbocycles. The fraction of sp³-hybridized carbons (Fsp3) is 0.579. The average Bonchev–Trinajstić information content (AvgIpc) is 3.71. The van der Waals surface area contributed by atoms with Crippen LogP contribution in [-0.2, 0) is 19.2 Å². The summed E-state index contributed by atoms with van der Waals surface area (Å²) >= 11 is 0. The third-order valence-electron chi connectivity index (χ3n) is 9.99. The lowest BCUT2D eigenvalue weighted by Crippen LogP contribution is -2.62. The topological polar surface area (TPSA) is 187 Å². The SMILES string of the molecule is C=CCNC(=O)C(=O)C(CC1CC1)NC(=O)[C@@H]1[C@@H](C(=C)C)CCN1C(=O)[C@@H](NC(=O)N[C@H](CN1C(=O)c2ccncc2C1=O)C(C)(C)C)C(C)(C)C. The standard InChI is InChI=1S/C38H53N7O7/c1-10-15-40-32(48)29(46)26(18-22-11-12-22)41-31(47)28-23(21(2)3)14-17-44(28)35(51)30(38(7,8)9)43-36(52)42-27(37(4,5)6)20-45-33(49)24-13-16-39-19-25(24)34(45)50/h10,13,16,19,22-23,26-28,30H,1-2,11-12,14-15,17-18,20H2,3-9H3,(H,40,48)(H,41,47)(H2,42,43,52)/t23-,26?,27-,28+,30-/m1/s1. The van der Waals surface area contributed by atoms with E-state index in [9.17, 15) is 33.6 Å². The fourth-order valence-corrected chi connectivity index (χ4v) is 6.63. The zero-order chi connectivity index (χ0) is 38.7. The number of pyridine rings is 1. The molecule has 0 aromatic carbocycles. The normalized spacial score (nSPS) is 20.4. The Bertz CT molecular complexity index is 1600. The van der Waals surface area contributed by atoms with Gasteiger partial charge in [0.25, 0.3) is 17.7 Å². The maximum atomic E-state index is 14.4. The van der Waals surface area contributed by atoms with E-state index in [0.29, 0.717) is 18.4 Å². The Morgan fingerprint density at radius 3 is 2.17 bits per heavy atom. The molecule has 3 heterocycles. The van der Waals surface area contributed by atoms with Crippen LogP contribution in [0, 0.1) is 22.7 Å². The molecule has 1 aromatic rings. The van der Waals surface area contributed by atoms with Gasteiger partial charge in [0.1, 0.15) is 12.1 Å². The lowest BCUT2D eigenvalue weighted by atomic mass is 9.85. The molecule has 1 aromatic heterocycles. The molecule has 0 spiro atoms. The van der Waals surface area contributed by atoms with Gasteiger partial charge in [-0.15, -0.1) is 6.58 Å². The van der Waals surface area contributed by atoms with Crippen LogP contribution in [0.1, 0.15) is 94.9 Å². The molecule has 1 aliphatic carbocycles. The Morgan fingerprint density at radius 2 is 1.62 bits per heavy atom. The minimum absolute atomic E-state index is 0.100. The van der Waals surface area contributed by atoms with Gasteiger partial charge in [-0.1, -0.05) is 72.6 Å². The summed E-state index contributed by atoms with van der Waals surface area (Å²) in [5.74, 6) is -3.86. The molecule has 0 radical (unpaired) electrons. The maximum absolute atomic E-state index is 14.4. The number of aromatic nitrogens is 1. The van der Waals surface area contributed by atoms with Crippen molar-refractivity contribution in [3.8, 4) is 0 Å². The highest BCUT2D eigenvalue weighted by atomic mass is 16.2. The van der Waals surface area contributed by atoms with Crippen LogP contribution < -0.4 is 21.3 Å². The van der Waals surface area contributed by atoms with Crippen molar-refractivity contribution < 1.29 is 33.6 Å². The first-order valence-corrected chi connectivity index (χ1v) is 17.8. The number of nitrogens with one attached hydrogen (secondary N) is 4. The van der Waals surface area contributed by atoms with Gasteiger partial charge in [0.2, 0.25) is 17.6 Å². The van der Waals surface area contributed by atoms with Crippen molar-refractivity contribution in [2.24, 2.45) is 22.7 Å². The Kier molecular flexibility index (Phi) is 12.1. The number of carbonyl (C=O) groups is 7. The summed E-state index contributed by atoms with van der Waals surface area (Å²) in [6, 6.07) is -3.12. The van der Waals surface area contributed by atoms with Crippen LogP contribution in [0.4, 0.5) is 4.79 Å². The van der Waals surface area contributed by atoms with E-state index in [4.69, 9.17) is 0 Å². The highest BCUT2D eigenvalue weighted by Gasteiger charge is 2.48. The zero-order valence-corrected chi connectivity index (χ0v) is 31.3. The molecule has 282 valence electrons. The van der Waals surface area contributed by atoms with Gasteiger partial charge in [0.15, 0.2) is 0 Å². The number of amides is 7. The molecule has 4 rings (SSSR count). The number of carbonyl (C=O) groups excluding carboxylic acids is 7. The molecule has 52 heavy (non-hydrogen) atoms. The molecule has 5 atom stereocenters. The number of likely N-dealkylation sites (tertiary alicyclic amines) is 1. The molecule has 2 aliphatic heterocycles. The van der Waals surface area contributed by atoms with E-state index in [1.54, 1.807) is 27.7 Å². The zero-order valence-electron chi connectivity index (χ0n) is 31.3. The van der Waals surface area contributed by atoms with Crippen molar-refractivity contribution in [3.05, 3.63) is 54.4 Å². The summed E-state index contributed by atoms with van der Waals surface area (Å²) in [5, 5.41) is 11.0. The Balaban J connectivity index is 1.53. The van der Waals surface area contributed by atoms with Crippen LogP contribution in [0.2, 0.25) is 0 Å². The van der Waals surface area contributed by atoms with E-state index in [1.165, 1.54) is 29.4 Å². The van der Waals surface area contributed by atoms with Crippen molar-refractivity contribution >= 4 is 41.4 Å². The summed E-state index contributed by atoms with van der Waals surface area (Å²) in [4.78, 5) is 101. The summed E-state index contributed by atoms with van der Waals surface area (Å²) < 4.78 is 0. The summed E-state index contributed by atoms with van der Waals surface area (Å²) in [6.45, 7) is 20.5. The van der Waals surface area contributed by atoms with E-state index < -0.39 is 82.3 Å². The third kappa shape index (κ3) is 9.12. The van der Waals surface area contributed by atoms with Crippen LogP contribution in [0.5, 0.6) is 0 Å². The highest BCUT2D eigenvalue weighted by molar-refractivity contribution is 6.38. The van der Waals surface area contributed by atoms with Crippen LogP contribution >= 0.6 is 0 Å². The second-order valence-corrected chi connectivity index (χ2v) is 16.3. The van der Waals surface area contributed by atoms with Crippen LogP contribution in [-0.4, -0.2) is 99.9 Å². The van der Waals surface area contributed by atoms with Crippen molar-refractivity contribution in [2.75, 3.05) is 19.6 Å². The molecule has 1 saturated heterocycles. The van der Waals surface area contributed by atoms with Gasteiger partial charge >= 0.3 is 6.03 Å². The largest absolute Gasteiger partial charge is 0.346 e. The number of Topliss-reactive ketones (excluding diaryl/α,β-unsaturated/α-hetero) is 1. The van der Waals surface area contributed by atoms with Gasteiger partial charge in [-0.25, -0.2) is 4.79 Å². The molecule has 3 aliphatic rings. The first-order valence-electron chi connectivity index (χ1n) is 17.8. The molecule has 0 bridgehead atoms. The predicted molar refractivity (Wildman–Crippen MR) is 194 cm³/mol. The number of imide groups is 1. The molecule has 14 heteroatoms. The number of ketones is 1. The van der Waals surface area contributed by atoms with Crippen LogP contribution in [0.25, 0.3) is 0 Å². The lowest BCUT2D eigenvalue weighted by molar-refractivity contribution is -0.144. The Labute approximate surface area is 305 Å². The summed E-state index contributed by atoms with van der Waals surface area (Å²) in [6.07, 6.45) is 6.76. The quantitative estimate of drug-likeness (QED) is 0.128. The smallest absolute Gasteiger partial charge is 0.315 e. The molecule has 2 fully saturated rings. The molecule has 4 N–H and O–H groups in total. The highest BCUT2D eigenvalue weighted by Crippen LogP contribution is 2.35. The summed E-state index contributed by atoms with van der Waals surface area (Å²) in [7, 11) is 0. The average molecular weight is 720 g/mol. The fourth-order valence-electron chi connectivity index (χ4n) is 6.63.